The first-order valence-corrected chi connectivity index (χ1v) is 29.1. The summed E-state index contributed by atoms with van der Waals surface area (Å²) in [5, 5.41) is 0. The van der Waals surface area contributed by atoms with Crippen LogP contribution in [0.1, 0.15) is 303 Å². The fraction of sp³-hybridized carbons (Fsp3) is 0.820. The standard InChI is InChI=1S/C61H110O6/c1-4-7-10-13-16-19-22-25-28-30-33-35-38-41-44-47-50-53-59(62)65-56-58(67-61(64)55-52-49-46-43-40-37-32-27-24-21-18-15-12-9-6-3)57-66-60(63)54-51-48-45-42-39-36-34-31-29-26-23-20-17-14-11-8-5-2/h16,19,21,24-25,28,33,35,58H,4-15,17-18,20,22-23,26-27,29-32,34,36-57H2,1-3H3/b19-16-,24-21-,28-25-,35-33-/t58-/m1/s1. The second-order valence-corrected chi connectivity index (χ2v) is 19.6. The molecule has 0 aliphatic heterocycles. The largest absolute Gasteiger partial charge is 0.462 e. The third-order valence-corrected chi connectivity index (χ3v) is 12.8. The smallest absolute Gasteiger partial charge is 0.306 e. The molecule has 0 aromatic heterocycles. The van der Waals surface area contributed by atoms with Crippen LogP contribution in [0.25, 0.3) is 0 Å². The highest BCUT2D eigenvalue weighted by Crippen LogP contribution is 2.16. The van der Waals surface area contributed by atoms with E-state index < -0.39 is 6.10 Å². The molecule has 0 aromatic carbocycles. The summed E-state index contributed by atoms with van der Waals surface area (Å²) in [5.74, 6) is -0.891. The van der Waals surface area contributed by atoms with Gasteiger partial charge in [-0.2, -0.15) is 0 Å². The third-order valence-electron chi connectivity index (χ3n) is 12.8. The normalized spacial score (nSPS) is 12.3. The first-order chi connectivity index (χ1) is 33.0. The highest BCUT2D eigenvalue weighted by atomic mass is 16.6. The number of carbonyl (C=O) groups excluding carboxylic acids is 3. The molecule has 0 radical (unpaired) electrons. The molecule has 1 atom stereocenters. The minimum atomic E-state index is -0.782. The van der Waals surface area contributed by atoms with Crippen molar-refractivity contribution in [1.82, 2.24) is 0 Å². The lowest BCUT2D eigenvalue weighted by Gasteiger charge is -2.18. The van der Waals surface area contributed by atoms with Crippen molar-refractivity contribution >= 4 is 17.9 Å². The maximum absolute atomic E-state index is 12.8. The summed E-state index contributed by atoms with van der Waals surface area (Å²) in [7, 11) is 0. The minimum Gasteiger partial charge on any atom is -0.462 e. The second kappa shape index (κ2) is 56.0. The molecule has 0 saturated heterocycles. The molecule has 0 saturated carbocycles. The Morgan fingerprint density at radius 3 is 0.896 bits per heavy atom. The summed E-state index contributed by atoms with van der Waals surface area (Å²) in [6.45, 7) is 6.61. The number of ether oxygens (including phenoxy) is 3. The Morgan fingerprint density at radius 1 is 0.299 bits per heavy atom. The monoisotopic (exact) mass is 939 g/mol. The molecular weight excluding hydrogens is 829 g/mol. The van der Waals surface area contributed by atoms with Gasteiger partial charge in [0, 0.05) is 19.3 Å². The Labute approximate surface area is 416 Å². The SMILES string of the molecule is CCCCC/C=C\C/C=C\C/C=C\CCCCCCC(=O)OC[C@H](COC(=O)CCCCCCCCCCCCCCCCCCC)OC(=O)CCCCCCCCC/C=C\CCCCCC. The fourth-order valence-corrected chi connectivity index (χ4v) is 8.39. The lowest BCUT2D eigenvalue weighted by Crippen LogP contribution is -2.30. The van der Waals surface area contributed by atoms with Gasteiger partial charge >= 0.3 is 17.9 Å². The van der Waals surface area contributed by atoms with Gasteiger partial charge in [-0.3, -0.25) is 14.4 Å². The van der Waals surface area contributed by atoms with Gasteiger partial charge in [-0.25, -0.2) is 0 Å². The van der Waals surface area contributed by atoms with Crippen molar-refractivity contribution in [2.24, 2.45) is 0 Å². The number of hydrogen-bond donors (Lipinski definition) is 0. The highest BCUT2D eigenvalue weighted by Gasteiger charge is 2.19. The van der Waals surface area contributed by atoms with E-state index in [0.717, 1.165) is 83.5 Å². The maximum atomic E-state index is 12.8. The molecule has 0 spiro atoms. The number of carbonyl (C=O) groups is 3. The van der Waals surface area contributed by atoms with Gasteiger partial charge in [0.15, 0.2) is 6.10 Å². The van der Waals surface area contributed by atoms with Crippen molar-refractivity contribution in [1.29, 1.82) is 0 Å². The molecule has 0 aromatic rings. The van der Waals surface area contributed by atoms with Gasteiger partial charge in [-0.15, -0.1) is 0 Å². The van der Waals surface area contributed by atoms with Crippen LogP contribution in [0.4, 0.5) is 0 Å². The zero-order valence-corrected chi connectivity index (χ0v) is 44.7. The molecule has 0 rings (SSSR count). The molecule has 0 N–H and O–H groups in total. The maximum Gasteiger partial charge on any atom is 0.306 e. The van der Waals surface area contributed by atoms with Crippen molar-refractivity contribution in [3.8, 4) is 0 Å². The number of unbranched alkanes of at least 4 members (excludes halogenated alkanes) is 34. The van der Waals surface area contributed by atoms with Crippen molar-refractivity contribution < 1.29 is 28.6 Å². The first-order valence-electron chi connectivity index (χ1n) is 29.1. The van der Waals surface area contributed by atoms with Gasteiger partial charge in [-0.05, 0) is 83.5 Å². The van der Waals surface area contributed by atoms with Crippen LogP contribution in [-0.4, -0.2) is 37.2 Å². The summed E-state index contributed by atoms with van der Waals surface area (Å²) in [6.07, 6.45) is 68.1. The Hall–Kier alpha value is -2.63. The van der Waals surface area contributed by atoms with Crippen LogP contribution in [-0.2, 0) is 28.6 Å². The number of rotatable bonds is 53. The van der Waals surface area contributed by atoms with E-state index in [4.69, 9.17) is 14.2 Å². The van der Waals surface area contributed by atoms with Crippen molar-refractivity contribution in [3.05, 3.63) is 48.6 Å². The molecule has 0 heterocycles. The molecule has 0 aliphatic carbocycles. The Kier molecular flexibility index (Phi) is 53.8. The van der Waals surface area contributed by atoms with Crippen LogP contribution in [0, 0.1) is 0 Å². The second-order valence-electron chi connectivity index (χ2n) is 19.6. The summed E-state index contributed by atoms with van der Waals surface area (Å²) >= 11 is 0. The zero-order valence-electron chi connectivity index (χ0n) is 44.7. The van der Waals surface area contributed by atoms with E-state index in [1.165, 1.54) is 180 Å². The van der Waals surface area contributed by atoms with Crippen LogP contribution >= 0.6 is 0 Å². The van der Waals surface area contributed by atoms with Crippen molar-refractivity contribution in [2.75, 3.05) is 13.2 Å². The van der Waals surface area contributed by atoms with E-state index in [1.54, 1.807) is 0 Å². The van der Waals surface area contributed by atoms with E-state index in [0.29, 0.717) is 19.3 Å². The van der Waals surface area contributed by atoms with Crippen LogP contribution in [0.5, 0.6) is 0 Å². The third kappa shape index (κ3) is 54.2. The Morgan fingerprint density at radius 2 is 0.537 bits per heavy atom. The predicted molar refractivity (Wildman–Crippen MR) is 289 cm³/mol. The lowest BCUT2D eigenvalue weighted by atomic mass is 10.0. The van der Waals surface area contributed by atoms with Gasteiger partial charge in [0.05, 0.1) is 0 Å². The Bertz CT molecular complexity index is 1170. The molecule has 67 heavy (non-hydrogen) atoms. The molecule has 6 heteroatoms. The van der Waals surface area contributed by atoms with Crippen molar-refractivity contribution in [2.45, 2.75) is 309 Å². The van der Waals surface area contributed by atoms with E-state index in [1.807, 2.05) is 0 Å². The van der Waals surface area contributed by atoms with Gasteiger partial charge in [0.2, 0.25) is 0 Å². The topological polar surface area (TPSA) is 78.9 Å². The molecule has 0 bridgehead atoms. The van der Waals surface area contributed by atoms with Crippen molar-refractivity contribution in [3.63, 3.8) is 0 Å². The molecule has 0 amide bonds. The minimum absolute atomic E-state index is 0.0790. The molecule has 0 aliphatic rings. The van der Waals surface area contributed by atoms with Gasteiger partial charge in [0.1, 0.15) is 13.2 Å². The molecule has 0 unspecified atom stereocenters. The molecule has 0 fully saturated rings. The summed E-state index contributed by atoms with van der Waals surface area (Å²) < 4.78 is 16.9. The molecule has 6 nitrogen and oxygen atoms in total. The van der Waals surface area contributed by atoms with Gasteiger partial charge in [-0.1, -0.05) is 249 Å². The predicted octanol–water partition coefficient (Wildman–Crippen LogP) is 19.4. The summed E-state index contributed by atoms with van der Waals surface area (Å²) in [4.78, 5) is 38.2. The van der Waals surface area contributed by atoms with E-state index in [2.05, 4.69) is 69.4 Å². The number of hydrogen-bond acceptors (Lipinski definition) is 6. The van der Waals surface area contributed by atoms with Crippen LogP contribution in [0.3, 0.4) is 0 Å². The first kappa shape index (κ1) is 64.4. The van der Waals surface area contributed by atoms with Crippen LogP contribution in [0.2, 0.25) is 0 Å². The van der Waals surface area contributed by atoms with Crippen LogP contribution < -0.4 is 0 Å². The quantitative estimate of drug-likeness (QED) is 0.0262. The summed E-state index contributed by atoms with van der Waals surface area (Å²) in [5.41, 5.74) is 0. The number of esters is 3. The Balaban J connectivity index is 4.39. The van der Waals surface area contributed by atoms with Crippen LogP contribution in [0.15, 0.2) is 48.6 Å². The average Bonchev–Trinajstić information content (AvgIpc) is 3.33. The van der Waals surface area contributed by atoms with E-state index in [-0.39, 0.29) is 31.1 Å². The van der Waals surface area contributed by atoms with Gasteiger partial charge < -0.3 is 14.2 Å². The fourth-order valence-electron chi connectivity index (χ4n) is 8.39. The lowest BCUT2D eigenvalue weighted by molar-refractivity contribution is -0.167. The van der Waals surface area contributed by atoms with E-state index >= 15 is 0 Å². The highest BCUT2D eigenvalue weighted by molar-refractivity contribution is 5.71. The van der Waals surface area contributed by atoms with E-state index in [9.17, 15) is 14.4 Å². The molecular formula is C61H110O6. The average molecular weight is 940 g/mol. The van der Waals surface area contributed by atoms with Gasteiger partial charge in [0.25, 0.3) is 0 Å². The number of allylic oxidation sites excluding steroid dienone is 8. The zero-order chi connectivity index (χ0) is 48.6. The molecule has 390 valence electrons. The summed E-state index contributed by atoms with van der Waals surface area (Å²) in [6, 6.07) is 0.